The molecule has 2 aromatic carbocycles. The molecule has 15 heteroatoms. The number of nitrogens with one attached hydrogen (secondary N) is 5. The van der Waals surface area contributed by atoms with Gasteiger partial charge in [-0.3, -0.25) is 24.1 Å². The van der Waals surface area contributed by atoms with Crippen LogP contribution in [0, 0.1) is 17.7 Å². The molecule has 1 aromatic heterocycles. The molecule has 1 aliphatic carbocycles. The van der Waals surface area contributed by atoms with Crippen molar-refractivity contribution < 1.29 is 41.5 Å². The van der Waals surface area contributed by atoms with Gasteiger partial charge in [0.05, 0.1) is 30.7 Å². The number of hydrogen-bond acceptors (Lipinski definition) is 6. The van der Waals surface area contributed by atoms with Crippen molar-refractivity contribution >= 4 is 34.5 Å². The number of aromatic nitrogens is 1. The van der Waals surface area contributed by atoms with Crippen molar-refractivity contribution in [2.24, 2.45) is 11.8 Å². The van der Waals surface area contributed by atoms with Crippen LogP contribution in [0.5, 0.6) is 0 Å². The van der Waals surface area contributed by atoms with E-state index in [1.165, 1.54) is 24.3 Å². The first kappa shape index (κ1) is 42.6. The van der Waals surface area contributed by atoms with Gasteiger partial charge in [0, 0.05) is 37.1 Å². The van der Waals surface area contributed by atoms with Crippen molar-refractivity contribution in [3.8, 4) is 0 Å². The molecule has 2 heterocycles. The number of nitrogens with zero attached hydrogens (tertiary/aromatic N) is 1. The van der Waals surface area contributed by atoms with E-state index in [0.717, 1.165) is 25.7 Å². The monoisotopic (exact) mass is 786 g/mol. The zero-order valence-electron chi connectivity index (χ0n) is 32.5. The highest BCUT2D eigenvalue weighted by Crippen LogP contribution is 2.40. The topological polar surface area (TPSA) is 145 Å². The van der Waals surface area contributed by atoms with Crippen LogP contribution < -0.4 is 21.3 Å². The summed E-state index contributed by atoms with van der Waals surface area (Å²) in [4.78, 5) is 61.2. The molecule has 0 spiro atoms. The molecule has 2 unspecified atom stereocenters. The van der Waals surface area contributed by atoms with E-state index in [0.29, 0.717) is 50.3 Å². The number of fused-ring (bicyclic) bond motifs is 3. The molecule has 1 aliphatic heterocycles. The lowest BCUT2D eigenvalue weighted by molar-refractivity contribution is -0.139. The predicted octanol–water partition coefficient (Wildman–Crippen LogP) is 4.81. The van der Waals surface area contributed by atoms with Crippen LogP contribution in [0.3, 0.4) is 0 Å². The van der Waals surface area contributed by atoms with Gasteiger partial charge in [-0.1, -0.05) is 70.9 Å². The number of carbonyl (C=O) groups is 4. The average Bonchev–Trinajstić information content (AvgIpc) is 3.55. The summed E-state index contributed by atoms with van der Waals surface area (Å²) in [6.07, 6.45) is -3.33. The van der Waals surface area contributed by atoms with E-state index in [4.69, 9.17) is 4.74 Å². The molecule has 5 N–H and O–H groups in total. The molecular weight excluding hydrogens is 732 g/mol. The van der Waals surface area contributed by atoms with Crippen LogP contribution in [-0.2, 0) is 49.4 Å². The number of morpholine rings is 1. The van der Waals surface area contributed by atoms with Crippen molar-refractivity contribution in [1.82, 2.24) is 31.2 Å². The van der Waals surface area contributed by atoms with E-state index in [9.17, 15) is 36.7 Å². The van der Waals surface area contributed by atoms with Crippen LogP contribution in [0.2, 0.25) is 0 Å². The molecule has 2 aliphatic rings. The number of benzene rings is 2. The summed E-state index contributed by atoms with van der Waals surface area (Å²) in [7, 11) is 0. The number of carbonyl (C=O) groups excluding carboxylic acids is 4. The number of aryl methyl sites for hydroxylation is 1. The molecule has 0 radical (unpaired) electrons. The van der Waals surface area contributed by atoms with Gasteiger partial charge < -0.3 is 31.0 Å². The average molecular weight is 787 g/mol. The number of aromatic amines is 1. The Hall–Kier alpha value is -4.50. The van der Waals surface area contributed by atoms with E-state index in [1.807, 2.05) is 20.8 Å². The maximum Gasteiger partial charge on any atom is 0.418 e. The zero-order valence-corrected chi connectivity index (χ0v) is 32.5. The van der Waals surface area contributed by atoms with Gasteiger partial charge in [-0.25, -0.2) is 4.39 Å². The Morgan fingerprint density at radius 2 is 1.61 bits per heavy atom. The fourth-order valence-electron chi connectivity index (χ4n) is 7.55. The molecular formula is C41H54F4N6O5. The highest BCUT2D eigenvalue weighted by atomic mass is 19.4. The lowest BCUT2D eigenvalue weighted by Gasteiger charge is -2.39. The summed E-state index contributed by atoms with van der Waals surface area (Å²) < 4.78 is 62.1. The molecule has 4 amide bonds. The minimum absolute atomic E-state index is 0.00343. The normalized spacial score (nSPS) is 19.6. The van der Waals surface area contributed by atoms with E-state index >= 15 is 0 Å². The number of ether oxygens (including phenoxy) is 1. The van der Waals surface area contributed by atoms with Crippen molar-refractivity contribution in [3.63, 3.8) is 0 Å². The standard InChI is InChI=1S/C41H54F4N6O5/c1-5-25(3)34(37(53)46-17-10-18-51-19-21-56-22-20-51)49-39(55)40(16-15-32-29(24-40)28-12-9-13-30(36(28)47-32)41(43,44)45)50-38(54)35(26(4)6-2)48-33(52)23-27-11-7-8-14-31(27)42/h7-9,11-14,25-26,34-35,47H,5-6,10,15-24H2,1-4H3,(H,46,53)(H,48,52)(H,49,55)(H,50,54)/t25?,26-,34-,35?,40+/m0/s1. The summed E-state index contributed by atoms with van der Waals surface area (Å²) >= 11 is 0. The van der Waals surface area contributed by atoms with Gasteiger partial charge in [0.25, 0.3) is 0 Å². The predicted molar refractivity (Wildman–Crippen MR) is 204 cm³/mol. The number of hydrogen-bond donors (Lipinski definition) is 5. The SMILES string of the molecule is CCC(C)[C@H](NC(=O)[C@@]1(NC(=O)C(NC(=O)Cc2ccccc2F)[C@@H](C)CC)CCc2[nH]c3c(C(F)(F)F)cccc3c2C1)C(=O)NCCCN1CCOCC1. The molecule has 1 saturated heterocycles. The second kappa shape index (κ2) is 18.6. The maximum atomic E-state index is 14.7. The number of rotatable bonds is 16. The van der Waals surface area contributed by atoms with E-state index in [-0.39, 0.29) is 54.0 Å². The number of alkyl halides is 3. The highest BCUT2D eigenvalue weighted by Gasteiger charge is 2.47. The smallest absolute Gasteiger partial charge is 0.379 e. The van der Waals surface area contributed by atoms with Crippen LogP contribution in [0.4, 0.5) is 17.6 Å². The van der Waals surface area contributed by atoms with Crippen molar-refractivity contribution in [2.45, 2.75) is 96.4 Å². The Labute approximate surface area is 325 Å². The fraction of sp³-hybridized carbons (Fsp3) is 0.561. The van der Waals surface area contributed by atoms with Crippen LogP contribution in [-0.4, -0.2) is 90.5 Å². The minimum atomic E-state index is -4.64. The van der Waals surface area contributed by atoms with E-state index in [2.05, 4.69) is 31.2 Å². The van der Waals surface area contributed by atoms with Crippen molar-refractivity contribution in [2.75, 3.05) is 39.4 Å². The Morgan fingerprint density at radius 3 is 2.27 bits per heavy atom. The molecule has 5 atom stereocenters. The first-order chi connectivity index (χ1) is 26.7. The Balaban J connectivity index is 1.43. The third-order valence-electron chi connectivity index (χ3n) is 11.4. The lowest BCUT2D eigenvalue weighted by atomic mass is 9.78. The summed E-state index contributed by atoms with van der Waals surface area (Å²) in [5.41, 5.74) is -1.55. The van der Waals surface area contributed by atoms with Crippen LogP contribution >= 0.6 is 0 Å². The lowest BCUT2D eigenvalue weighted by Crippen LogP contribution is -2.67. The Bertz CT molecular complexity index is 1860. The van der Waals surface area contributed by atoms with Gasteiger partial charge >= 0.3 is 6.18 Å². The summed E-state index contributed by atoms with van der Waals surface area (Å²) in [5, 5.41) is 11.8. The van der Waals surface area contributed by atoms with E-state index < -0.39 is 58.8 Å². The number of halogens is 4. The van der Waals surface area contributed by atoms with E-state index in [1.54, 1.807) is 19.1 Å². The van der Waals surface area contributed by atoms with Crippen molar-refractivity contribution in [3.05, 3.63) is 70.7 Å². The molecule has 3 aromatic rings. The van der Waals surface area contributed by atoms with Gasteiger partial charge in [-0.2, -0.15) is 13.2 Å². The minimum Gasteiger partial charge on any atom is -0.379 e. The molecule has 0 bridgehead atoms. The third kappa shape index (κ3) is 10.1. The molecule has 0 saturated carbocycles. The van der Waals surface area contributed by atoms with Gasteiger partial charge in [0.2, 0.25) is 23.6 Å². The summed E-state index contributed by atoms with van der Waals surface area (Å²) in [6, 6.07) is 7.56. The van der Waals surface area contributed by atoms with Crippen LogP contribution in [0.25, 0.3) is 10.9 Å². The third-order valence-corrected chi connectivity index (χ3v) is 11.4. The first-order valence-corrected chi connectivity index (χ1v) is 19.6. The second-order valence-electron chi connectivity index (χ2n) is 15.2. The highest BCUT2D eigenvalue weighted by molar-refractivity contribution is 5.98. The zero-order chi connectivity index (χ0) is 40.6. The number of para-hydroxylation sites is 1. The van der Waals surface area contributed by atoms with Gasteiger partial charge in [0.1, 0.15) is 23.4 Å². The number of amides is 4. The Morgan fingerprint density at radius 1 is 0.929 bits per heavy atom. The molecule has 5 rings (SSSR count). The molecule has 306 valence electrons. The molecule has 1 fully saturated rings. The number of H-pyrrole nitrogens is 1. The van der Waals surface area contributed by atoms with Gasteiger partial charge in [-0.15, -0.1) is 0 Å². The van der Waals surface area contributed by atoms with Gasteiger partial charge in [-0.05, 0) is 60.9 Å². The van der Waals surface area contributed by atoms with Crippen LogP contribution in [0.1, 0.15) is 75.8 Å². The van der Waals surface area contributed by atoms with Crippen LogP contribution in [0.15, 0.2) is 42.5 Å². The molecule has 56 heavy (non-hydrogen) atoms. The Kier molecular flexibility index (Phi) is 14.2. The summed E-state index contributed by atoms with van der Waals surface area (Å²) in [5.74, 6) is -3.61. The fourth-order valence-corrected chi connectivity index (χ4v) is 7.55. The second-order valence-corrected chi connectivity index (χ2v) is 15.2. The largest absolute Gasteiger partial charge is 0.418 e. The summed E-state index contributed by atoms with van der Waals surface area (Å²) in [6.45, 7) is 11.4. The maximum absolute atomic E-state index is 14.7. The first-order valence-electron chi connectivity index (χ1n) is 19.6. The quantitative estimate of drug-likeness (QED) is 0.104. The van der Waals surface area contributed by atoms with Gasteiger partial charge in [0.15, 0.2) is 0 Å². The molecule has 11 nitrogen and oxygen atoms in total. The van der Waals surface area contributed by atoms with Crippen molar-refractivity contribution in [1.29, 1.82) is 0 Å².